The molecule has 3 rings (SSSR count). The average molecular weight is 1040 g/mol. The van der Waals surface area contributed by atoms with Crippen LogP contribution >= 0.6 is 35.2 Å². The number of thioether (sulfide) groups is 1. The second-order valence-electron chi connectivity index (χ2n) is 16.5. The number of aliphatic hydroxyl groups excluding tert-OH is 2. The van der Waals surface area contributed by atoms with Gasteiger partial charge in [0, 0.05) is 37.1 Å². The highest BCUT2D eigenvalue weighted by Gasteiger charge is 2.47. The van der Waals surface area contributed by atoms with E-state index in [0.717, 1.165) is 41.8 Å². The molecule has 0 aromatic carbocycles. The number of aliphatic hydroxyl groups is 2. The van der Waals surface area contributed by atoms with Crippen LogP contribution < -0.4 is 35.9 Å². The summed E-state index contributed by atoms with van der Waals surface area (Å²) in [4.78, 5) is 109. The van der Waals surface area contributed by atoms with Gasteiger partial charge in [-0.15, -0.1) is 0 Å². The molecule has 1 aliphatic rings. The zero-order chi connectivity index (χ0) is 50.5. The van der Waals surface area contributed by atoms with E-state index in [2.05, 4.69) is 56.5 Å². The third-order valence-corrected chi connectivity index (χ3v) is 14.2. The third kappa shape index (κ3) is 21.5. The lowest BCUT2D eigenvalue weighted by atomic mass is 9.87. The average Bonchev–Trinajstić information content (AvgIpc) is 3.82. The first-order chi connectivity index (χ1) is 31.9. The Morgan fingerprint density at radius 1 is 0.926 bits per heavy atom. The number of anilines is 1. The van der Waals surface area contributed by atoms with E-state index in [1.165, 1.54) is 65.2 Å². The van der Waals surface area contributed by atoms with E-state index in [9.17, 15) is 62.7 Å². The summed E-state index contributed by atoms with van der Waals surface area (Å²) in [6, 6.07) is 0. The van der Waals surface area contributed by atoms with Crippen LogP contribution in [0, 0.1) is 5.41 Å². The zero-order valence-corrected chi connectivity index (χ0v) is 41.7. The van der Waals surface area contributed by atoms with Gasteiger partial charge in [-0.3, -0.25) is 32.9 Å². The predicted octanol–water partition coefficient (Wildman–Crippen LogP) is 1.35. The van der Waals surface area contributed by atoms with Crippen LogP contribution in [-0.4, -0.2) is 109 Å². The maximum absolute atomic E-state index is 12.6. The Kier molecular flexibility index (Phi) is 25.0. The van der Waals surface area contributed by atoms with E-state index in [0.29, 0.717) is 6.42 Å². The summed E-state index contributed by atoms with van der Waals surface area (Å²) in [6.07, 6.45) is 9.29. The minimum atomic E-state index is -5.94. The van der Waals surface area contributed by atoms with Gasteiger partial charge in [-0.05, 0) is 19.3 Å². The van der Waals surface area contributed by atoms with Gasteiger partial charge in [0.05, 0.1) is 33.8 Å². The van der Waals surface area contributed by atoms with E-state index < -0.39 is 84.6 Å². The largest absolute Gasteiger partial charge is 0.790 e. The van der Waals surface area contributed by atoms with Gasteiger partial charge in [-0.25, -0.2) is 19.3 Å². The summed E-state index contributed by atoms with van der Waals surface area (Å²) < 4.78 is 60.8. The number of phosphoric ester groups is 3. The van der Waals surface area contributed by atoms with Crippen molar-refractivity contribution in [3.63, 3.8) is 0 Å². The Morgan fingerprint density at radius 2 is 1.57 bits per heavy atom. The van der Waals surface area contributed by atoms with Crippen molar-refractivity contribution in [3.8, 4) is 0 Å². The monoisotopic (exact) mass is 1040 g/mol. The standard InChI is InChI=1S/C39H66N7O18P3S/c1-4-5-6-7-8-9-10-11-12-13-14-15-16-17-27(47)22-30(49)68-21-20-41-29(48)18-19-42-37(52)34(51)39(2,3)24-61-67(58,59)64-66(56,57)60-23-28-33(63-65(53,54)55)32(50)38(62-28)46-26-45-31-35(40)43-25-44-36(31)46/h14-15,25-26,28,32-34,38,50-51H,4-13,16-24H2,1-3H3,(H,41,48)(H,42,52)(H,56,57)(H,58,59)(H2,40,43,44)(H2,53,54,55)/p-4/b15-14-/t28-,32-,33-,34+,38-/m1/s1. The number of amides is 2. The normalized spacial score (nSPS) is 20.0. The minimum absolute atomic E-state index is 0.0266. The molecule has 1 fully saturated rings. The van der Waals surface area contributed by atoms with E-state index in [4.69, 9.17) is 10.5 Å². The predicted molar refractivity (Wildman–Crippen MR) is 238 cm³/mol. The van der Waals surface area contributed by atoms with Gasteiger partial charge >= 0.3 is 0 Å². The lowest BCUT2D eigenvalue weighted by molar-refractivity contribution is -0.347. The molecule has 2 amide bonds. The van der Waals surface area contributed by atoms with E-state index >= 15 is 0 Å². The molecular formula is C39H62N7O18P3S-4. The first-order valence-electron chi connectivity index (χ1n) is 22.1. The van der Waals surface area contributed by atoms with Crippen molar-refractivity contribution in [2.45, 2.75) is 141 Å². The molecule has 25 nitrogen and oxygen atoms in total. The van der Waals surface area contributed by atoms with Gasteiger partial charge in [0.25, 0.3) is 15.6 Å². The third-order valence-electron chi connectivity index (χ3n) is 10.3. The van der Waals surface area contributed by atoms with Gasteiger partial charge < -0.3 is 69.0 Å². The Hall–Kier alpha value is -3.03. The van der Waals surface area contributed by atoms with Crippen LogP contribution in [-0.2, 0) is 55.5 Å². The number of ketones is 1. The highest BCUT2D eigenvalue weighted by Crippen LogP contribution is 2.56. The second kappa shape index (κ2) is 28.7. The van der Waals surface area contributed by atoms with Gasteiger partial charge in [-0.2, -0.15) is 0 Å². The van der Waals surface area contributed by atoms with E-state index in [1.807, 2.05) is 6.08 Å². The number of Topliss-reactive ketones (excluding diaryl/α,β-unsaturated/α-hetero) is 1. The van der Waals surface area contributed by atoms with Crippen LogP contribution in [0.25, 0.3) is 11.2 Å². The van der Waals surface area contributed by atoms with Crippen LogP contribution in [0.2, 0.25) is 0 Å². The number of hydrogen-bond donors (Lipinski definition) is 5. The van der Waals surface area contributed by atoms with E-state index in [1.54, 1.807) is 0 Å². The number of nitrogens with one attached hydrogen (secondary N) is 2. The van der Waals surface area contributed by atoms with Crippen LogP contribution in [0.15, 0.2) is 24.8 Å². The van der Waals surface area contributed by atoms with Crippen LogP contribution in [0.4, 0.5) is 5.82 Å². The maximum Gasteiger partial charge on any atom is 0.274 e. The summed E-state index contributed by atoms with van der Waals surface area (Å²) in [5, 5.41) is 26.0. The molecule has 0 bridgehead atoms. The highest BCUT2D eigenvalue weighted by atomic mass is 32.2. The summed E-state index contributed by atoms with van der Waals surface area (Å²) in [5.41, 5.74) is 4.05. The van der Waals surface area contributed by atoms with Crippen molar-refractivity contribution in [1.29, 1.82) is 0 Å². The molecule has 2 aromatic heterocycles. The molecule has 2 unspecified atom stereocenters. The number of nitrogens with two attached hydrogens (primary N) is 1. The highest BCUT2D eigenvalue weighted by molar-refractivity contribution is 8.13. The smallest absolute Gasteiger partial charge is 0.274 e. The molecule has 0 spiro atoms. The number of aromatic nitrogens is 4. The Balaban J connectivity index is 1.32. The summed E-state index contributed by atoms with van der Waals surface area (Å²) in [7, 11) is -17.7. The summed E-state index contributed by atoms with van der Waals surface area (Å²) in [6.45, 7) is 2.13. The molecule has 7 atom stereocenters. The number of nitrogen functional groups attached to an aromatic ring is 1. The molecule has 2 aromatic rings. The minimum Gasteiger partial charge on any atom is -0.790 e. The number of rotatable bonds is 34. The lowest BCUT2D eigenvalue weighted by Gasteiger charge is -2.36. The molecule has 386 valence electrons. The van der Waals surface area contributed by atoms with E-state index in [-0.39, 0.29) is 66.0 Å². The Bertz CT molecular complexity index is 2130. The van der Waals surface area contributed by atoms with Gasteiger partial charge in [0.15, 0.2) is 22.8 Å². The molecular weight excluding hydrogens is 979 g/mol. The number of phosphoric acid groups is 3. The van der Waals surface area contributed by atoms with Crippen molar-refractivity contribution in [2.24, 2.45) is 5.41 Å². The molecule has 0 aliphatic carbocycles. The number of unbranched alkanes of at least 4 members (excludes halogenated alkanes) is 9. The van der Waals surface area contributed by atoms with Crippen molar-refractivity contribution < 1.29 is 85.3 Å². The molecule has 68 heavy (non-hydrogen) atoms. The summed E-state index contributed by atoms with van der Waals surface area (Å²) >= 11 is 0.910. The van der Waals surface area contributed by atoms with Crippen LogP contribution in [0.5, 0.6) is 0 Å². The fourth-order valence-electron chi connectivity index (χ4n) is 6.63. The quantitative estimate of drug-likeness (QED) is 0.0286. The lowest BCUT2D eigenvalue weighted by Crippen LogP contribution is -2.46. The van der Waals surface area contributed by atoms with Gasteiger partial charge in [-0.1, -0.05) is 96.1 Å². The summed E-state index contributed by atoms with van der Waals surface area (Å²) in [5.74, 6) is -1.58. The van der Waals surface area contributed by atoms with Gasteiger partial charge in [0.2, 0.25) is 11.8 Å². The molecule has 1 aliphatic heterocycles. The molecule has 0 saturated carbocycles. The number of carbonyl (C=O) groups is 4. The first kappa shape index (κ1) is 59.3. The number of carbonyl (C=O) groups excluding carboxylic acids is 4. The van der Waals surface area contributed by atoms with Crippen LogP contribution in [0.3, 0.4) is 0 Å². The Morgan fingerprint density at radius 3 is 2.25 bits per heavy atom. The van der Waals surface area contributed by atoms with Crippen molar-refractivity contribution in [1.82, 2.24) is 30.2 Å². The SMILES string of the molecule is CCCCCCCCCCC/C=C\CCC(=O)CC(=O)SCCNC(=O)CCNC(=O)[C@H](O)C(C)(C)COP(=O)([O-])OP(=O)([O-])OC[C@H]1O[C@@H](n2cnc3c(N)ncnc32)[C@H](O)[C@@H]1OP(=O)([O-])[O-]. The van der Waals surface area contributed by atoms with Crippen LogP contribution in [0.1, 0.15) is 117 Å². The fourth-order valence-corrected chi connectivity index (χ4v) is 10.1. The molecule has 6 N–H and O–H groups in total. The number of fused-ring (bicyclic) bond motifs is 1. The first-order valence-corrected chi connectivity index (χ1v) is 27.5. The maximum atomic E-state index is 12.6. The molecule has 29 heteroatoms. The fraction of sp³-hybridized carbons (Fsp3) is 0.718. The van der Waals surface area contributed by atoms with Gasteiger partial charge in [0.1, 0.15) is 42.0 Å². The zero-order valence-electron chi connectivity index (χ0n) is 38.2. The number of nitrogens with zero attached hydrogens (tertiary/aromatic N) is 4. The topological polar surface area (TPSA) is 392 Å². The van der Waals surface area contributed by atoms with Crippen molar-refractivity contribution in [2.75, 3.05) is 37.8 Å². The number of ether oxygens (including phenoxy) is 1. The molecule has 3 heterocycles. The number of allylic oxidation sites excluding steroid dienone is 2. The van der Waals surface area contributed by atoms with Crippen molar-refractivity contribution in [3.05, 3.63) is 24.8 Å². The van der Waals surface area contributed by atoms with Crippen molar-refractivity contribution >= 4 is 74.9 Å². The molecule has 0 radical (unpaired) electrons. The Labute approximate surface area is 398 Å². The number of hydrogen-bond acceptors (Lipinski definition) is 23. The molecule has 1 saturated heterocycles. The number of imidazole rings is 1. The second-order valence-corrected chi connectivity index (χ2v) is 21.8.